The number of hydrogen-bond donors (Lipinski definition) is 1. The quantitative estimate of drug-likeness (QED) is 0.390. The summed E-state index contributed by atoms with van der Waals surface area (Å²) in [6.45, 7) is 5.29. The zero-order chi connectivity index (χ0) is 27.2. The van der Waals surface area contributed by atoms with Gasteiger partial charge in [-0.15, -0.1) is 0 Å². The number of halogens is 3. The topological polar surface area (TPSA) is 84.2 Å². The molecular weight excluding hydrogens is 483 g/mol. The first-order chi connectivity index (χ1) is 17.4. The second kappa shape index (κ2) is 11.3. The summed E-state index contributed by atoms with van der Waals surface area (Å²) in [5.74, 6) is -0.0648. The molecule has 3 aromatic rings. The highest BCUT2D eigenvalue weighted by Gasteiger charge is 2.34. The van der Waals surface area contributed by atoms with Crippen LogP contribution in [-0.4, -0.2) is 30.1 Å². The number of carbonyl (C=O) groups is 1. The Morgan fingerprint density at radius 1 is 1.08 bits per heavy atom. The van der Waals surface area contributed by atoms with Gasteiger partial charge in [-0.1, -0.05) is 31.2 Å². The Kier molecular flexibility index (Phi) is 8.43. The van der Waals surface area contributed by atoms with E-state index in [0.717, 1.165) is 29.0 Å². The van der Waals surface area contributed by atoms with Crippen LogP contribution in [0.5, 0.6) is 11.6 Å². The molecule has 0 radical (unpaired) electrons. The van der Waals surface area contributed by atoms with E-state index < -0.39 is 23.2 Å². The number of amides is 1. The van der Waals surface area contributed by atoms with Crippen molar-refractivity contribution in [3.63, 3.8) is 0 Å². The van der Waals surface area contributed by atoms with Gasteiger partial charge >= 0.3 is 6.18 Å². The average molecular weight is 512 g/mol. The second-order valence-corrected chi connectivity index (χ2v) is 9.11. The van der Waals surface area contributed by atoms with Crippen molar-refractivity contribution in [3.8, 4) is 17.7 Å². The largest absolute Gasteiger partial charge is 0.497 e. The minimum Gasteiger partial charge on any atom is -0.497 e. The Labute approximate surface area is 214 Å². The van der Waals surface area contributed by atoms with Crippen molar-refractivity contribution in [3.05, 3.63) is 89.1 Å². The van der Waals surface area contributed by atoms with Gasteiger partial charge in [-0.2, -0.15) is 18.4 Å². The maximum atomic E-state index is 13.1. The Hall–Kier alpha value is -4.06. The highest BCUT2D eigenvalue weighted by Crippen LogP contribution is 2.34. The number of hydrogen-bond acceptors (Lipinski definition) is 5. The van der Waals surface area contributed by atoms with E-state index in [2.05, 4.69) is 16.4 Å². The summed E-state index contributed by atoms with van der Waals surface area (Å²) >= 11 is 0. The molecule has 0 bridgehead atoms. The summed E-state index contributed by atoms with van der Waals surface area (Å²) in [6, 6.07) is 18.9. The van der Waals surface area contributed by atoms with Crippen LogP contribution in [0.15, 0.2) is 66.9 Å². The molecule has 0 aliphatic rings. The van der Waals surface area contributed by atoms with Crippen molar-refractivity contribution >= 4 is 5.91 Å². The maximum absolute atomic E-state index is 13.1. The second-order valence-electron chi connectivity index (χ2n) is 9.11. The van der Waals surface area contributed by atoms with E-state index in [1.54, 1.807) is 25.3 Å². The first-order valence-electron chi connectivity index (χ1n) is 11.6. The van der Waals surface area contributed by atoms with Gasteiger partial charge in [-0.05, 0) is 61.2 Å². The molecule has 0 saturated carbocycles. The first-order valence-corrected chi connectivity index (χ1v) is 11.6. The lowest BCUT2D eigenvalue weighted by Gasteiger charge is -2.29. The lowest BCUT2D eigenvalue weighted by molar-refractivity contribution is -0.138. The Morgan fingerprint density at radius 2 is 1.78 bits per heavy atom. The highest BCUT2D eigenvalue weighted by molar-refractivity contribution is 5.84. The van der Waals surface area contributed by atoms with Crippen LogP contribution in [0.1, 0.15) is 54.9 Å². The molecule has 37 heavy (non-hydrogen) atoms. The van der Waals surface area contributed by atoms with Crippen molar-refractivity contribution in [2.24, 2.45) is 0 Å². The fourth-order valence-corrected chi connectivity index (χ4v) is 3.89. The number of methoxy groups -OCH3 is 1. The van der Waals surface area contributed by atoms with E-state index in [1.165, 1.54) is 13.8 Å². The fraction of sp³-hybridized carbons (Fsp3) is 0.321. The number of carbonyl (C=O) groups excluding carboxylic acids is 1. The molecule has 9 heteroatoms. The number of nitrogens with zero attached hydrogens (tertiary/aromatic N) is 2. The summed E-state index contributed by atoms with van der Waals surface area (Å²) in [5, 5.41) is 12.3. The molecule has 1 aromatic heterocycles. The molecule has 0 saturated heterocycles. The summed E-state index contributed by atoms with van der Waals surface area (Å²) < 4.78 is 49.3. The third-order valence-corrected chi connectivity index (χ3v) is 6.14. The fourth-order valence-electron chi connectivity index (χ4n) is 3.89. The SMILES string of the molecule is COc1ccc(C(C)C(CNC(=O)C(C)(C)Oc2ccc(C(F)(F)F)cn2)c2cccc(C#N)c2)cc1. The summed E-state index contributed by atoms with van der Waals surface area (Å²) in [7, 11) is 1.59. The third-order valence-electron chi connectivity index (χ3n) is 6.14. The molecule has 194 valence electrons. The van der Waals surface area contributed by atoms with Gasteiger partial charge in [0.1, 0.15) is 5.75 Å². The van der Waals surface area contributed by atoms with E-state index in [0.29, 0.717) is 11.8 Å². The number of nitrogens with one attached hydrogen (secondary N) is 1. The zero-order valence-corrected chi connectivity index (χ0v) is 21.0. The molecular formula is C28H28F3N3O3. The molecule has 2 aromatic carbocycles. The van der Waals surface area contributed by atoms with Crippen LogP contribution < -0.4 is 14.8 Å². The number of alkyl halides is 3. The maximum Gasteiger partial charge on any atom is 0.417 e. The van der Waals surface area contributed by atoms with E-state index in [4.69, 9.17) is 9.47 Å². The standard InChI is InChI=1S/C28H28F3N3O3/c1-18(20-8-11-23(36-4)12-9-20)24(21-7-5-6-19(14-21)15-32)17-34-26(35)27(2,3)37-25-13-10-22(16-33-25)28(29,30)31/h5-14,16,18,24H,17H2,1-4H3,(H,34,35). The number of aromatic nitrogens is 1. The minimum atomic E-state index is -4.52. The predicted molar refractivity (Wildman–Crippen MR) is 132 cm³/mol. The molecule has 3 rings (SSSR count). The van der Waals surface area contributed by atoms with Gasteiger partial charge in [-0.25, -0.2) is 4.98 Å². The van der Waals surface area contributed by atoms with Gasteiger partial charge < -0.3 is 14.8 Å². The van der Waals surface area contributed by atoms with Crippen LogP contribution >= 0.6 is 0 Å². The number of ether oxygens (including phenoxy) is 2. The van der Waals surface area contributed by atoms with Crippen molar-refractivity contribution in [2.75, 3.05) is 13.7 Å². The number of nitriles is 1. The molecule has 0 aliphatic carbocycles. The summed E-state index contributed by atoms with van der Waals surface area (Å²) in [5.41, 5.74) is 0.0948. The smallest absolute Gasteiger partial charge is 0.417 e. The third kappa shape index (κ3) is 7.00. The molecule has 2 atom stereocenters. The van der Waals surface area contributed by atoms with Crippen LogP contribution in [0.4, 0.5) is 13.2 Å². The molecule has 1 N–H and O–H groups in total. The van der Waals surface area contributed by atoms with E-state index in [-0.39, 0.29) is 24.3 Å². The molecule has 0 spiro atoms. The molecule has 1 heterocycles. The Balaban J connectivity index is 1.78. The highest BCUT2D eigenvalue weighted by atomic mass is 19.4. The van der Waals surface area contributed by atoms with Crippen LogP contribution in [-0.2, 0) is 11.0 Å². The Bertz CT molecular complexity index is 1250. The minimum absolute atomic E-state index is 0.0410. The van der Waals surface area contributed by atoms with Gasteiger partial charge in [0, 0.05) is 24.7 Å². The van der Waals surface area contributed by atoms with Crippen molar-refractivity contribution in [1.29, 1.82) is 5.26 Å². The molecule has 2 unspecified atom stereocenters. The summed E-state index contributed by atoms with van der Waals surface area (Å²) in [4.78, 5) is 16.8. The van der Waals surface area contributed by atoms with Crippen LogP contribution in [0, 0.1) is 11.3 Å². The normalized spacial score (nSPS) is 13.2. The lowest BCUT2D eigenvalue weighted by Crippen LogP contribution is -2.48. The zero-order valence-electron chi connectivity index (χ0n) is 21.0. The van der Waals surface area contributed by atoms with Crippen molar-refractivity contribution in [2.45, 2.75) is 44.4 Å². The predicted octanol–water partition coefficient (Wildman–Crippen LogP) is 5.84. The van der Waals surface area contributed by atoms with Crippen molar-refractivity contribution in [1.82, 2.24) is 10.3 Å². The summed E-state index contributed by atoms with van der Waals surface area (Å²) in [6.07, 6.45) is -3.85. The molecule has 0 aliphatic heterocycles. The Morgan fingerprint density at radius 3 is 2.35 bits per heavy atom. The lowest BCUT2D eigenvalue weighted by atomic mass is 9.82. The number of rotatable bonds is 9. The van der Waals surface area contributed by atoms with Gasteiger partial charge in [0.05, 0.1) is 24.3 Å². The van der Waals surface area contributed by atoms with Gasteiger partial charge in [0.25, 0.3) is 5.91 Å². The molecule has 1 amide bonds. The van der Waals surface area contributed by atoms with E-state index >= 15 is 0 Å². The van der Waals surface area contributed by atoms with Crippen LogP contribution in [0.25, 0.3) is 0 Å². The van der Waals surface area contributed by atoms with Gasteiger partial charge in [-0.3, -0.25) is 4.79 Å². The van der Waals surface area contributed by atoms with E-state index in [1.807, 2.05) is 37.3 Å². The van der Waals surface area contributed by atoms with Crippen LogP contribution in [0.2, 0.25) is 0 Å². The number of benzene rings is 2. The monoisotopic (exact) mass is 511 g/mol. The first kappa shape index (κ1) is 27.5. The van der Waals surface area contributed by atoms with Gasteiger partial charge in [0.15, 0.2) is 5.60 Å². The molecule has 0 fully saturated rings. The van der Waals surface area contributed by atoms with Gasteiger partial charge in [0.2, 0.25) is 5.88 Å². The molecule has 6 nitrogen and oxygen atoms in total. The van der Waals surface area contributed by atoms with E-state index in [9.17, 15) is 23.2 Å². The van der Waals surface area contributed by atoms with Crippen molar-refractivity contribution < 1.29 is 27.4 Å². The average Bonchev–Trinajstić information content (AvgIpc) is 2.88. The van der Waals surface area contributed by atoms with Crippen LogP contribution in [0.3, 0.4) is 0 Å². The number of pyridine rings is 1.